The molecule has 5 N–H and O–H groups in total. The van der Waals surface area contributed by atoms with E-state index in [0.717, 1.165) is 34.4 Å². The number of rotatable bonds is 15. The maximum absolute atomic E-state index is 14.3. The number of anilines is 1. The molecule has 2 bridgehead atoms. The largest absolute Gasteiger partial charge is 0.496 e. The highest BCUT2D eigenvalue weighted by molar-refractivity contribution is 5.97. The lowest BCUT2D eigenvalue weighted by atomic mass is 9.45. The van der Waals surface area contributed by atoms with Crippen LogP contribution in [0.1, 0.15) is 62.0 Å². The summed E-state index contributed by atoms with van der Waals surface area (Å²) in [4.78, 5) is 36.4. The zero-order valence-electron chi connectivity index (χ0n) is 33.7. The Bertz CT molecular complexity index is 1800. The normalized spacial score (nSPS) is 26.8. The Morgan fingerprint density at radius 3 is 2.44 bits per heavy atom. The van der Waals surface area contributed by atoms with Gasteiger partial charge in [-0.25, -0.2) is 0 Å². The van der Waals surface area contributed by atoms with Gasteiger partial charge in [-0.3, -0.25) is 14.4 Å². The lowest BCUT2D eigenvalue weighted by Crippen LogP contribution is -2.62. The Morgan fingerprint density at radius 1 is 1.07 bits per heavy atom. The van der Waals surface area contributed by atoms with Gasteiger partial charge in [0.1, 0.15) is 17.9 Å². The first-order valence-corrected chi connectivity index (χ1v) is 19.8. The molecule has 0 radical (unpaired) electrons. The highest BCUT2D eigenvalue weighted by Crippen LogP contribution is 2.61. The quantitative estimate of drug-likeness (QED) is 0.150. The van der Waals surface area contributed by atoms with Crippen LogP contribution in [0.3, 0.4) is 0 Å². The number of hydroxylamine groups is 2. The number of nitrogens with zero attached hydrogens (tertiary/aromatic N) is 2. The van der Waals surface area contributed by atoms with Gasteiger partial charge in [-0.2, -0.15) is 5.06 Å². The van der Waals surface area contributed by atoms with Gasteiger partial charge in [-0.1, -0.05) is 69.3 Å². The number of benzene rings is 3. The summed E-state index contributed by atoms with van der Waals surface area (Å²) in [5.74, 6) is 1.01. The summed E-state index contributed by atoms with van der Waals surface area (Å²) >= 11 is 0. The van der Waals surface area contributed by atoms with Gasteiger partial charge in [0, 0.05) is 61.0 Å². The zero-order valence-corrected chi connectivity index (χ0v) is 33.7. The summed E-state index contributed by atoms with van der Waals surface area (Å²) in [6.07, 6.45) is 1.16. The van der Waals surface area contributed by atoms with Gasteiger partial charge in [0.25, 0.3) is 5.91 Å². The van der Waals surface area contributed by atoms with E-state index in [0.29, 0.717) is 42.0 Å². The number of ether oxygens (including phenoxy) is 1. The van der Waals surface area contributed by atoms with E-state index in [9.17, 15) is 19.8 Å². The minimum atomic E-state index is -0.902. The van der Waals surface area contributed by atoms with Crippen molar-refractivity contribution in [3.05, 3.63) is 83.4 Å². The molecule has 3 aliphatic carbocycles. The molecule has 0 spiro atoms. The summed E-state index contributed by atoms with van der Waals surface area (Å²) in [5, 5.41) is 32.7. The molecule has 3 aromatic rings. The molecule has 9 atom stereocenters. The van der Waals surface area contributed by atoms with E-state index in [1.165, 1.54) is 6.42 Å². The Labute approximate surface area is 326 Å². The third-order valence-corrected chi connectivity index (χ3v) is 12.8. The molecule has 7 rings (SSSR count). The van der Waals surface area contributed by atoms with Crippen LogP contribution >= 0.6 is 0 Å². The average Bonchev–Trinajstić information content (AvgIpc) is 3.54. The molecule has 55 heavy (non-hydrogen) atoms. The molecule has 11 heteroatoms. The fourth-order valence-corrected chi connectivity index (χ4v) is 9.57. The van der Waals surface area contributed by atoms with Crippen LogP contribution in [0.4, 0.5) is 5.69 Å². The summed E-state index contributed by atoms with van der Waals surface area (Å²) < 4.78 is 6.10. The Kier molecular flexibility index (Phi) is 12.6. The summed E-state index contributed by atoms with van der Waals surface area (Å²) in [5.41, 5.74) is 5.12. The number of hydrogen-bond donors (Lipinski definition) is 5. The Balaban J connectivity index is 1.28. The van der Waals surface area contributed by atoms with E-state index >= 15 is 0 Å². The first-order valence-electron chi connectivity index (χ1n) is 19.8. The van der Waals surface area contributed by atoms with Crippen LogP contribution in [0.2, 0.25) is 0 Å². The van der Waals surface area contributed by atoms with Crippen molar-refractivity contribution in [2.24, 2.45) is 29.1 Å². The van der Waals surface area contributed by atoms with Crippen LogP contribution in [0.25, 0.3) is 11.1 Å². The third-order valence-electron chi connectivity index (χ3n) is 12.8. The number of likely N-dealkylation sites (N-methyl/N-ethyl adjacent to an activating group) is 1. The van der Waals surface area contributed by atoms with Crippen molar-refractivity contribution >= 4 is 17.5 Å². The Hall–Kier alpha value is -4.00. The predicted octanol–water partition coefficient (Wildman–Crippen LogP) is 4.65. The van der Waals surface area contributed by atoms with Crippen molar-refractivity contribution in [3.8, 4) is 16.9 Å². The lowest BCUT2D eigenvalue weighted by Gasteiger charge is -2.62. The predicted molar refractivity (Wildman–Crippen MR) is 216 cm³/mol. The molecule has 1 aliphatic heterocycles. The van der Waals surface area contributed by atoms with E-state index in [1.54, 1.807) is 19.1 Å². The number of hydrogen-bond acceptors (Lipinski definition) is 9. The van der Waals surface area contributed by atoms with Gasteiger partial charge in [-0.15, -0.1) is 0 Å². The first kappa shape index (κ1) is 40.7. The molecule has 3 aromatic carbocycles. The molecule has 11 nitrogen and oxygen atoms in total. The molecular weight excluding hydrogens is 695 g/mol. The summed E-state index contributed by atoms with van der Waals surface area (Å²) in [6.45, 7) is 9.00. The van der Waals surface area contributed by atoms with Crippen LogP contribution < -0.4 is 25.6 Å². The average molecular weight is 756 g/mol. The smallest absolute Gasteiger partial charge is 0.251 e. The monoisotopic (exact) mass is 755 g/mol. The van der Waals surface area contributed by atoms with Crippen LogP contribution in [0.5, 0.6) is 5.75 Å². The maximum Gasteiger partial charge on any atom is 0.251 e. The summed E-state index contributed by atoms with van der Waals surface area (Å²) in [7, 11) is 7.37. The fraction of sp³-hybridized carbons (Fsp3) is 0.545. The number of methoxy groups -OCH3 is 1. The van der Waals surface area contributed by atoms with Crippen molar-refractivity contribution < 1.29 is 29.4 Å². The second kappa shape index (κ2) is 17.0. The standard InChI is InChI=1S/C44H61N5O6/c1-26-36-21-32(44(36,3)4)22-37(26)47-43(53)40-39(27(2)51)38(25-50)55-49(40)24-29-15-12-16-35(41(29)54-8)30-18-31(20-34(19-30)48(6)7)42(52)46-33(23-45-5)17-28-13-10-9-11-14-28/h9-16,18-20,26-27,32-33,36-40,45,50-51H,17,21-25H2,1-8H3,(H,46,52)(H,47,53)/t26-,27-,32+,33-,36-,37-,38-,39?,40?/m0/s1. The lowest BCUT2D eigenvalue weighted by molar-refractivity contribution is -0.183. The van der Waals surface area contributed by atoms with Crippen LogP contribution in [-0.2, 0) is 22.6 Å². The van der Waals surface area contributed by atoms with E-state index in [4.69, 9.17) is 9.57 Å². The van der Waals surface area contributed by atoms with Gasteiger partial charge in [0.15, 0.2) is 0 Å². The van der Waals surface area contributed by atoms with Crippen LogP contribution in [0, 0.1) is 29.1 Å². The van der Waals surface area contributed by atoms with Crippen molar-refractivity contribution in [1.82, 2.24) is 21.0 Å². The van der Waals surface area contributed by atoms with E-state index in [1.807, 2.05) is 80.6 Å². The molecule has 298 valence electrons. The molecule has 3 saturated carbocycles. The first-order chi connectivity index (χ1) is 26.3. The van der Waals surface area contributed by atoms with E-state index in [-0.39, 0.29) is 42.5 Å². The molecular formula is C44H61N5O6. The number of carbonyl (C=O) groups excluding carboxylic acids is 2. The third kappa shape index (κ3) is 8.42. The fourth-order valence-electron chi connectivity index (χ4n) is 9.57. The number of amides is 2. The number of para-hydroxylation sites is 1. The van der Waals surface area contributed by atoms with Crippen LogP contribution in [0.15, 0.2) is 66.7 Å². The number of fused-ring (bicyclic) bond motifs is 2. The number of carbonyl (C=O) groups is 2. The molecule has 4 fully saturated rings. The van der Waals surface area contributed by atoms with E-state index in [2.05, 4.69) is 48.9 Å². The van der Waals surface area contributed by atoms with Crippen molar-refractivity contribution in [1.29, 1.82) is 0 Å². The molecule has 4 aliphatic rings. The Morgan fingerprint density at radius 2 is 1.82 bits per heavy atom. The van der Waals surface area contributed by atoms with Crippen LogP contribution in [-0.4, -0.2) is 98.8 Å². The highest BCUT2D eigenvalue weighted by atomic mass is 16.7. The minimum absolute atomic E-state index is 0.0361. The zero-order chi connectivity index (χ0) is 39.6. The van der Waals surface area contributed by atoms with Gasteiger partial charge >= 0.3 is 0 Å². The summed E-state index contributed by atoms with van der Waals surface area (Å²) in [6, 6.07) is 20.8. The second-order valence-corrected chi connectivity index (χ2v) is 16.8. The van der Waals surface area contributed by atoms with Gasteiger partial charge in [-0.05, 0) is 85.7 Å². The second-order valence-electron chi connectivity index (χ2n) is 16.8. The van der Waals surface area contributed by atoms with Gasteiger partial charge < -0.3 is 35.8 Å². The minimum Gasteiger partial charge on any atom is -0.496 e. The number of nitrogens with one attached hydrogen (secondary N) is 3. The number of aliphatic hydroxyl groups excluding tert-OH is 2. The molecule has 2 unspecified atom stereocenters. The number of aliphatic hydroxyl groups is 2. The van der Waals surface area contributed by atoms with Gasteiger partial charge in [0.05, 0.1) is 26.4 Å². The maximum atomic E-state index is 14.3. The SMILES string of the molecule is CNC[C@H](Cc1ccccc1)NC(=O)c1cc(-c2cccc(CN3O[C@@H](CO)C([C@H](C)O)C3C(=O)N[C@H]3C[C@H]4C[C@@H]([C@@H]3C)C4(C)C)c2OC)cc(N(C)C)c1. The van der Waals surface area contributed by atoms with Crippen molar-refractivity contribution in [2.45, 2.75) is 83.8 Å². The molecule has 2 amide bonds. The van der Waals surface area contributed by atoms with Crippen molar-refractivity contribution in [3.63, 3.8) is 0 Å². The highest BCUT2D eigenvalue weighted by Gasteiger charge is 2.57. The molecule has 1 heterocycles. The van der Waals surface area contributed by atoms with Crippen molar-refractivity contribution in [2.75, 3.05) is 46.3 Å². The topological polar surface area (TPSA) is 136 Å². The molecule has 1 saturated heterocycles. The van der Waals surface area contributed by atoms with Gasteiger partial charge in [0.2, 0.25) is 5.91 Å². The molecule has 0 aromatic heterocycles. The van der Waals surface area contributed by atoms with E-state index < -0.39 is 24.2 Å².